The van der Waals surface area contributed by atoms with Crippen LogP contribution in [0.15, 0.2) is 65.8 Å². The average molecular weight is 387 g/mol. The van der Waals surface area contributed by atoms with E-state index < -0.39 is 0 Å². The lowest BCUT2D eigenvalue weighted by Gasteiger charge is -2.29. The van der Waals surface area contributed by atoms with Gasteiger partial charge in [-0.3, -0.25) is 14.2 Å². The third-order valence-corrected chi connectivity index (χ3v) is 5.47. The molecule has 0 aliphatic heterocycles. The van der Waals surface area contributed by atoms with E-state index in [1.54, 1.807) is 29.2 Å². The van der Waals surface area contributed by atoms with Crippen molar-refractivity contribution in [1.82, 2.24) is 29.4 Å². The van der Waals surface area contributed by atoms with Crippen LogP contribution in [0.2, 0.25) is 0 Å². The van der Waals surface area contributed by atoms with Crippen molar-refractivity contribution in [1.29, 1.82) is 0 Å². The molecule has 0 bridgehead atoms. The maximum absolute atomic E-state index is 12.4. The molecule has 0 amide bonds. The Morgan fingerprint density at radius 1 is 0.966 bits per heavy atom. The Kier molecular flexibility index (Phi) is 4.51. The van der Waals surface area contributed by atoms with E-state index in [0.29, 0.717) is 6.04 Å². The van der Waals surface area contributed by atoms with E-state index in [-0.39, 0.29) is 11.6 Å². The van der Waals surface area contributed by atoms with Gasteiger partial charge in [0.15, 0.2) is 5.65 Å². The summed E-state index contributed by atoms with van der Waals surface area (Å²) in [7, 11) is 0. The van der Waals surface area contributed by atoms with Gasteiger partial charge in [-0.15, -0.1) is 10.2 Å². The van der Waals surface area contributed by atoms with Crippen LogP contribution in [0.1, 0.15) is 31.7 Å². The van der Waals surface area contributed by atoms with Crippen LogP contribution in [0, 0.1) is 0 Å². The lowest BCUT2D eigenvalue weighted by molar-refractivity contribution is 0.304. The van der Waals surface area contributed by atoms with Crippen LogP contribution in [-0.4, -0.2) is 35.4 Å². The predicted molar refractivity (Wildman–Crippen MR) is 110 cm³/mol. The first-order valence-electron chi connectivity index (χ1n) is 9.84. The standard InChI is InChI=1S/C21H21N7O/c29-20-11-10-18(15-4-3-12-22-14-15)26-28(20)17-8-6-16(7-9-17)23-21-25-24-19-5-1-2-13-27(19)21/h1-5,10-14,16-17H,6-9H2,(H,23,25). The summed E-state index contributed by atoms with van der Waals surface area (Å²) in [6.07, 6.45) is 9.11. The first-order chi connectivity index (χ1) is 14.3. The van der Waals surface area contributed by atoms with Crippen LogP contribution in [0.3, 0.4) is 0 Å². The quantitative estimate of drug-likeness (QED) is 0.579. The van der Waals surface area contributed by atoms with Crippen LogP contribution in [0.4, 0.5) is 5.95 Å². The maximum Gasteiger partial charge on any atom is 0.267 e. The summed E-state index contributed by atoms with van der Waals surface area (Å²) in [6.45, 7) is 0. The average Bonchev–Trinajstić information content (AvgIpc) is 3.18. The zero-order valence-electron chi connectivity index (χ0n) is 15.8. The van der Waals surface area contributed by atoms with Crippen molar-refractivity contribution < 1.29 is 0 Å². The number of fused-ring (bicyclic) bond motifs is 1. The van der Waals surface area contributed by atoms with Gasteiger partial charge < -0.3 is 5.32 Å². The SMILES string of the molecule is O=c1ccc(-c2cccnc2)nn1C1CCC(Nc2nnc3ccccn23)CC1. The van der Waals surface area contributed by atoms with Gasteiger partial charge in [0.1, 0.15) is 0 Å². The molecule has 4 aromatic rings. The van der Waals surface area contributed by atoms with Gasteiger partial charge in [0.25, 0.3) is 5.56 Å². The molecule has 4 heterocycles. The van der Waals surface area contributed by atoms with Gasteiger partial charge in [-0.05, 0) is 56.0 Å². The minimum Gasteiger partial charge on any atom is -0.351 e. The molecule has 4 aromatic heterocycles. The smallest absolute Gasteiger partial charge is 0.267 e. The minimum absolute atomic E-state index is 0.0579. The number of pyridine rings is 2. The number of hydrogen-bond donors (Lipinski definition) is 1. The molecule has 1 saturated carbocycles. The maximum atomic E-state index is 12.4. The highest BCUT2D eigenvalue weighted by Crippen LogP contribution is 2.29. The van der Waals surface area contributed by atoms with Gasteiger partial charge in [-0.25, -0.2) is 4.68 Å². The fourth-order valence-corrected chi connectivity index (χ4v) is 3.94. The molecule has 0 spiro atoms. The van der Waals surface area contributed by atoms with Crippen LogP contribution in [0.25, 0.3) is 16.9 Å². The Balaban J connectivity index is 1.30. The fraction of sp³-hybridized carbons (Fsp3) is 0.286. The first kappa shape index (κ1) is 17.5. The third-order valence-electron chi connectivity index (χ3n) is 5.47. The van der Waals surface area contributed by atoms with E-state index in [4.69, 9.17) is 0 Å². The molecular weight excluding hydrogens is 366 g/mol. The second-order valence-electron chi connectivity index (χ2n) is 7.35. The predicted octanol–water partition coefficient (Wildman–Crippen LogP) is 2.94. The number of hydrogen-bond acceptors (Lipinski definition) is 6. The molecule has 29 heavy (non-hydrogen) atoms. The van der Waals surface area contributed by atoms with Crippen molar-refractivity contribution in [3.63, 3.8) is 0 Å². The highest BCUT2D eigenvalue weighted by molar-refractivity contribution is 5.56. The van der Waals surface area contributed by atoms with E-state index >= 15 is 0 Å². The second-order valence-corrected chi connectivity index (χ2v) is 7.35. The van der Waals surface area contributed by atoms with Gasteiger partial charge in [0, 0.05) is 36.3 Å². The number of nitrogens with one attached hydrogen (secondary N) is 1. The summed E-state index contributed by atoms with van der Waals surface area (Å²) in [6, 6.07) is 13.4. The van der Waals surface area contributed by atoms with Gasteiger partial charge in [0.2, 0.25) is 5.95 Å². The molecule has 0 atom stereocenters. The number of rotatable bonds is 4. The zero-order chi connectivity index (χ0) is 19.6. The molecule has 1 aliphatic rings. The van der Waals surface area contributed by atoms with E-state index in [2.05, 4.69) is 25.6 Å². The fourth-order valence-electron chi connectivity index (χ4n) is 3.94. The molecular formula is C21H21N7O. The van der Waals surface area contributed by atoms with Crippen LogP contribution < -0.4 is 10.9 Å². The molecule has 0 saturated heterocycles. The summed E-state index contributed by atoms with van der Waals surface area (Å²) < 4.78 is 3.60. The van der Waals surface area contributed by atoms with Crippen molar-refractivity contribution in [2.45, 2.75) is 37.8 Å². The molecule has 8 nitrogen and oxygen atoms in total. The highest BCUT2D eigenvalue weighted by atomic mass is 16.1. The number of nitrogens with zero attached hydrogens (tertiary/aromatic N) is 6. The second kappa shape index (κ2) is 7.46. The molecule has 1 N–H and O–H groups in total. The highest BCUT2D eigenvalue weighted by Gasteiger charge is 2.25. The van der Waals surface area contributed by atoms with Crippen LogP contribution in [0.5, 0.6) is 0 Å². The molecule has 1 aliphatic carbocycles. The van der Waals surface area contributed by atoms with Crippen molar-refractivity contribution >= 4 is 11.6 Å². The molecule has 146 valence electrons. The van der Waals surface area contributed by atoms with Crippen molar-refractivity contribution in [3.8, 4) is 11.3 Å². The van der Waals surface area contributed by atoms with E-state index in [1.165, 1.54) is 0 Å². The summed E-state index contributed by atoms with van der Waals surface area (Å²) in [5, 5.41) is 16.6. The normalized spacial score (nSPS) is 19.3. The van der Waals surface area contributed by atoms with Crippen molar-refractivity contribution in [3.05, 3.63) is 71.4 Å². The number of aromatic nitrogens is 6. The largest absolute Gasteiger partial charge is 0.351 e. The van der Waals surface area contributed by atoms with Crippen LogP contribution >= 0.6 is 0 Å². The molecule has 8 heteroatoms. The first-order valence-corrected chi connectivity index (χ1v) is 9.84. The summed E-state index contributed by atoms with van der Waals surface area (Å²) in [4.78, 5) is 16.6. The van der Waals surface area contributed by atoms with Gasteiger partial charge in [0.05, 0.1) is 11.7 Å². The van der Waals surface area contributed by atoms with E-state index in [9.17, 15) is 4.79 Å². The Labute approximate surface area is 167 Å². The summed E-state index contributed by atoms with van der Waals surface area (Å²) in [5.41, 5.74) is 2.45. The molecule has 0 aromatic carbocycles. The van der Waals surface area contributed by atoms with Gasteiger partial charge in [-0.1, -0.05) is 6.07 Å². The Bertz CT molecular complexity index is 1180. The van der Waals surface area contributed by atoms with Crippen LogP contribution in [-0.2, 0) is 0 Å². The third kappa shape index (κ3) is 3.49. The van der Waals surface area contributed by atoms with Gasteiger partial charge >= 0.3 is 0 Å². The molecule has 1 fully saturated rings. The Morgan fingerprint density at radius 2 is 1.86 bits per heavy atom. The molecule has 0 radical (unpaired) electrons. The lowest BCUT2D eigenvalue weighted by atomic mass is 9.91. The monoisotopic (exact) mass is 387 g/mol. The topological polar surface area (TPSA) is 90.0 Å². The summed E-state index contributed by atoms with van der Waals surface area (Å²) in [5.74, 6) is 0.762. The lowest BCUT2D eigenvalue weighted by Crippen LogP contribution is -2.33. The minimum atomic E-state index is -0.0579. The van der Waals surface area contributed by atoms with Gasteiger partial charge in [-0.2, -0.15) is 5.10 Å². The Hall–Kier alpha value is -3.55. The molecule has 5 rings (SSSR count). The van der Waals surface area contributed by atoms with Crippen molar-refractivity contribution in [2.75, 3.05) is 5.32 Å². The van der Waals surface area contributed by atoms with Crippen molar-refractivity contribution in [2.24, 2.45) is 0 Å². The zero-order valence-corrected chi connectivity index (χ0v) is 15.8. The Morgan fingerprint density at radius 3 is 2.69 bits per heavy atom. The van der Waals surface area contributed by atoms with E-state index in [0.717, 1.165) is 48.5 Å². The van der Waals surface area contributed by atoms with E-state index in [1.807, 2.05) is 40.9 Å². The summed E-state index contributed by atoms with van der Waals surface area (Å²) >= 11 is 0. The molecule has 0 unspecified atom stereocenters. The number of anilines is 1.